The number of carbonyl (C=O) groups excluding carboxylic acids is 1. The molecule has 0 bridgehead atoms. The van der Waals surface area contributed by atoms with Crippen LogP contribution in [0.15, 0.2) is 22.7 Å². The van der Waals surface area contributed by atoms with Crippen molar-refractivity contribution < 1.29 is 19.4 Å². The summed E-state index contributed by atoms with van der Waals surface area (Å²) in [6.07, 6.45) is 0.550. The molecule has 1 rings (SSSR count). The van der Waals surface area contributed by atoms with Gasteiger partial charge in [-0.1, -0.05) is 0 Å². The Morgan fingerprint density at radius 3 is 2.88 bits per heavy atom. The van der Waals surface area contributed by atoms with Gasteiger partial charge in [0.15, 0.2) is 0 Å². The second-order valence-corrected chi connectivity index (χ2v) is 3.92. The van der Waals surface area contributed by atoms with Crippen LogP contribution in [0.3, 0.4) is 0 Å². The van der Waals surface area contributed by atoms with Crippen molar-refractivity contribution in [3.05, 3.63) is 28.2 Å². The van der Waals surface area contributed by atoms with E-state index < -0.39 is 5.97 Å². The van der Waals surface area contributed by atoms with Crippen molar-refractivity contribution in [3.63, 3.8) is 0 Å². The van der Waals surface area contributed by atoms with Crippen LogP contribution < -0.4 is 4.74 Å². The monoisotopic (exact) mass is 288 g/mol. The second kappa shape index (κ2) is 6.50. The highest BCUT2D eigenvalue weighted by Gasteiger charge is 2.09. The molecule has 0 saturated heterocycles. The van der Waals surface area contributed by atoms with E-state index in [1.54, 1.807) is 18.2 Å². The van der Waals surface area contributed by atoms with E-state index in [0.29, 0.717) is 24.3 Å². The van der Waals surface area contributed by atoms with Crippen molar-refractivity contribution >= 4 is 21.9 Å². The van der Waals surface area contributed by atoms with Crippen molar-refractivity contribution in [1.82, 2.24) is 0 Å². The van der Waals surface area contributed by atoms with Crippen LogP contribution in [0.1, 0.15) is 16.8 Å². The van der Waals surface area contributed by atoms with Crippen molar-refractivity contribution in [1.29, 1.82) is 0 Å². The molecule has 4 nitrogen and oxygen atoms in total. The second-order valence-electron chi connectivity index (χ2n) is 3.06. The van der Waals surface area contributed by atoms with Crippen LogP contribution in [0.25, 0.3) is 0 Å². The predicted octanol–water partition coefficient (Wildman–Crippen LogP) is 2.00. The Hall–Kier alpha value is -1.07. The summed E-state index contributed by atoms with van der Waals surface area (Å²) in [6, 6.07) is 4.97. The number of aliphatic hydroxyl groups is 1. The first-order chi connectivity index (χ1) is 7.69. The topological polar surface area (TPSA) is 55.8 Å². The molecule has 0 fully saturated rings. The van der Waals surface area contributed by atoms with Gasteiger partial charge in [0.2, 0.25) is 0 Å². The maximum atomic E-state index is 11.3. The van der Waals surface area contributed by atoms with Gasteiger partial charge in [0.25, 0.3) is 0 Å². The van der Waals surface area contributed by atoms with Gasteiger partial charge in [-0.3, -0.25) is 0 Å². The van der Waals surface area contributed by atoms with E-state index in [9.17, 15) is 4.79 Å². The number of esters is 1. The molecule has 0 amide bonds. The third kappa shape index (κ3) is 3.50. The van der Waals surface area contributed by atoms with Gasteiger partial charge >= 0.3 is 5.97 Å². The maximum Gasteiger partial charge on any atom is 0.337 e. The first kappa shape index (κ1) is 13.0. The number of benzene rings is 1. The lowest BCUT2D eigenvalue weighted by molar-refractivity contribution is 0.0600. The molecule has 0 unspecified atom stereocenters. The highest BCUT2D eigenvalue weighted by Crippen LogP contribution is 2.26. The molecule has 0 aliphatic heterocycles. The summed E-state index contributed by atoms with van der Waals surface area (Å²) in [4.78, 5) is 11.3. The lowest BCUT2D eigenvalue weighted by Crippen LogP contribution is -2.04. The SMILES string of the molecule is COC(=O)c1ccc(Br)c(OCCCO)c1. The zero-order chi connectivity index (χ0) is 12.0. The zero-order valence-corrected chi connectivity index (χ0v) is 10.5. The molecular formula is C11H13BrO4. The molecule has 0 aliphatic carbocycles. The number of hydrogen-bond acceptors (Lipinski definition) is 4. The van der Waals surface area contributed by atoms with E-state index >= 15 is 0 Å². The fourth-order valence-corrected chi connectivity index (χ4v) is 1.47. The molecule has 0 atom stereocenters. The Labute approximate surface area is 102 Å². The summed E-state index contributed by atoms with van der Waals surface area (Å²) in [5, 5.41) is 8.63. The van der Waals surface area contributed by atoms with E-state index in [-0.39, 0.29) is 6.61 Å². The minimum Gasteiger partial charge on any atom is -0.492 e. The van der Waals surface area contributed by atoms with E-state index in [1.165, 1.54) is 7.11 Å². The highest BCUT2D eigenvalue weighted by molar-refractivity contribution is 9.10. The molecule has 1 N–H and O–H groups in total. The Kier molecular flexibility index (Phi) is 5.28. The van der Waals surface area contributed by atoms with Gasteiger partial charge in [0.05, 0.1) is 23.8 Å². The molecule has 1 aromatic rings. The summed E-state index contributed by atoms with van der Waals surface area (Å²) in [7, 11) is 1.33. The highest BCUT2D eigenvalue weighted by atomic mass is 79.9. The largest absolute Gasteiger partial charge is 0.492 e. The average Bonchev–Trinajstić information content (AvgIpc) is 2.31. The van der Waals surface area contributed by atoms with Gasteiger partial charge in [-0.2, -0.15) is 0 Å². The molecule has 0 saturated carbocycles. The van der Waals surface area contributed by atoms with Crippen molar-refractivity contribution in [3.8, 4) is 5.75 Å². The Balaban J connectivity index is 2.78. The number of methoxy groups -OCH3 is 1. The normalized spacial score (nSPS) is 9.94. The first-order valence-electron chi connectivity index (χ1n) is 4.80. The Bertz CT molecular complexity index is 365. The molecule has 5 heteroatoms. The van der Waals surface area contributed by atoms with Crippen molar-refractivity contribution in [2.45, 2.75) is 6.42 Å². The number of aliphatic hydroxyl groups excluding tert-OH is 1. The maximum absolute atomic E-state index is 11.3. The number of rotatable bonds is 5. The number of halogens is 1. The third-order valence-corrected chi connectivity index (χ3v) is 2.57. The summed E-state index contributed by atoms with van der Waals surface area (Å²) >= 11 is 3.31. The summed E-state index contributed by atoms with van der Waals surface area (Å²) in [5.74, 6) is 0.163. The summed E-state index contributed by atoms with van der Waals surface area (Å²) in [6.45, 7) is 0.480. The smallest absolute Gasteiger partial charge is 0.337 e. The van der Waals surface area contributed by atoms with Crippen molar-refractivity contribution in [2.75, 3.05) is 20.3 Å². The molecule has 88 valence electrons. The number of carbonyl (C=O) groups is 1. The fraction of sp³-hybridized carbons (Fsp3) is 0.364. The minimum atomic E-state index is -0.403. The van der Waals surface area contributed by atoms with Gasteiger partial charge in [-0.05, 0) is 34.1 Å². The van der Waals surface area contributed by atoms with Crippen LogP contribution in [0.4, 0.5) is 0 Å². The molecular weight excluding hydrogens is 276 g/mol. The summed E-state index contributed by atoms with van der Waals surface area (Å²) < 4.78 is 10.8. The van der Waals surface area contributed by atoms with Gasteiger partial charge in [-0.25, -0.2) is 4.79 Å². The molecule has 0 heterocycles. The molecule has 0 spiro atoms. The molecule has 1 aromatic carbocycles. The zero-order valence-electron chi connectivity index (χ0n) is 8.90. The van der Waals surface area contributed by atoms with Gasteiger partial charge < -0.3 is 14.6 Å². The molecule has 0 aromatic heterocycles. The van der Waals surface area contributed by atoms with Gasteiger partial charge in [0.1, 0.15) is 5.75 Å². The van der Waals surface area contributed by atoms with E-state index in [2.05, 4.69) is 20.7 Å². The third-order valence-electron chi connectivity index (χ3n) is 1.91. The fourth-order valence-electron chi connectivity index (χ4n) is 1.11. The molecule has 0 aliphatic rings. The van der Waals surface area contributed by atoms with E-state index in [0.717, 1.165) is 4.47 Å². The van der Waals surface area contributed by atoms with Crippen LogP contribution >= 0.6 is 15.9 Å². The molecule has 16 heavy (non-hydrogen) atoms. The van der Waals surface area contributed by atoms with Gasteiger partial charge in [0, 0.05) is 13.0 Å². The molecule has 0 radical (unpaired) electrons. The average molecular weight is 289 g/mol. The lowest BCUT2D eigenvalue weighted by atomic mass is 10.2. The summed E-state index contributed by atoms with van der Waals surface area (Å²) in [5.41, 5.74) is 0.435. The first-order valence-corrected chi connectivity index (χ1v) is 5.60. The quantitative estimate of drug-likeness (QED) is 0.665. The van der Waals surface area contributed by atoms with E-state index in [1.807, 2.05) is 0 Å². The van der Waals surface area contributed by atoms with Crippen LogP contribution in [0, 0.1) is 0 Å². The number of hydrogen-bond donors (Lipinski definition) is 1. The van der Waals surface area contributed by atoms with Crippen LogP contribution in [-0.2, 0) is 4.74 Å². The Morgan fingerprint density at radius 2 is 2.25 bits per heavy atom. The minimum absolute atomic E-state index is 0.0777. The van der Waals surface area contributed by atoms with Crippen LogP contribution in [0.5, 0.6) is 5.75 Å². The van der Waals surface area contributed by atoms with Crippen LogP contribution in [-0.4, -0.2) is 31.4 Å². The van der Waals surface area contributed by atoms with E-state index in [4.69, 9.17) is 9.84 Å². The van der Waals surface area contributed by atoms with Crippen molar-refractivity contribution in [2.24, 2.45) is 0 Å². The number of ether oxygens (including phenoxy) is 2. The van der Waals surface area contributed by atoms with Gasteiger partial charge in [-0.15, -0.1) is 0 Å². The van der Waals surface area contributed by atoms with Crippen LogP contribution in [0.2, 0.25) is 0 Å². The Morgan fingerprint density at radius 1 is 1.50 bits per heavy atom. The standard InChI is InChI=1S/C11H13BrO4/c1-15-11(14)8-3-4-9(12)10(7-8)16-6-2-5-13/h3-4,7,13H,2,5-6H2,1H3. The lowest BCUT2D eigenvalue weighted by Gasteiger charge is -2.08. The predicted molar refractivity (Wildman–Crippen MR) is 62.7 cm³/mol.